The van der Waals surface area contributed by atoms with Gasteiger partial charge in [0, 0.05) is 12.6 Å². The number of hydrogen-bond donors (Lipinski definition) is 1. The molecular weight excluding hydrogens is 221 g/mol. The molecule has 17 heavy (non-hydrogen) atoms. The number of carboxylic acid groups (broad SMARTS) is 1. The zero-order valence-corrected chi connectivity index (χ0v) is 9.77. The number of rotatable bonds is 3. The van der Waals surface area contributed by atoms with Crippen LogP contribution in [-0.4, -0.2) is 35.1 Å². The SMILES string of the molecule is C[C@@H]1C[C@H](c2ccc(F)cc2)CN1CC(=O)O. The number of nitrogens with zero attached hydrogens (tertiary/aromatic N) is 1. The fraction of sp³-hybridized carbons (Fsp3) is 0.462. The standard InChI is InChI=1S/C13H16FNO2/c1-9-6-11(7-15(9)8-13(16)17)10-2-4-12(14)5-3-10/h2-5,9,11H,6-8H2,1H3,(H,16,17)/t9-,11+/m1/s1. The Bertz CT molecular complexity index is 404. The van der Waals surface area contributed by atoms with Crippen molar-refractivity contribution < 1.29 is 14.3 Å². The Morgan fingerprint density at radius 2 is 2.12 bits per heavy atom. The Morgan fingerprint density at radius 1 is 1.47 bits per heavy atom. The highest BCUT2D eigenvalue weighted by atomic mass is 19.1. The molecule has 1 aliphatic heterocycles. The maximum atomic E-state index is 12.8. The van der Waals surface area contributed by atoms with E-state index in [2.05, 4.69) is 0 Å². The van der Waals surface area contributed by atoms with E-state index in [-0.39, 0.29) is 18.4 Å². The molecule has 1 saturated heterocycles. The smallest absolute Gasteiger partial charge is 0.317 e. The van der Waals surface area contributed by atoms with Crippen LogP contribution in [-0.2, 0) is 4.79 Å². The number of hydrogen-bond acceptors (Lipinski definition) is 2. The van der Waals surface area contributed by atoms with E-state index in [0.717, 1.165) is 18.5 Å². The number of aliphatic carboxylic acids is 1. The van der Waals surface area contributed by atoms with Crippen LogP contribution in [0.5, 0.6) is 0 Å². The molecule has 0 radical (unpaired) electrons. The van der Waals surface area contributed by atoms with Crippen LogP contribution in [0.25, 0.3) is 0 Å². The molecule has 1 N–H and O–H groups in total. The third-order valence-corrected chi connectivity index (χ3v) is 3.38. The van der Waals surface area contributed by atoms with Gasteiger partial charge in [0.25, 0.3) is 0 Å². The van der Waals surface area contributed by atoms with E-state index in [1.54, 1.807) is 12.1 Å². The predicted octanol–water partition coefficient (Wildman–Crippen LogP) is 2.09. The highest BCUT2D eigenvalue weighted by Crippen LogP contribution is 2.31. The first-order chi connectivity index (χ1) is 8.06. The number of carboxylic acids is 1. The van der Waals surface area contributed by atoms with E-state index >= 15 is 0 Å². The summed E-state index contributed by atoms with van der Waals surface area (Å²) in [6.45, 7) is 2.85. The third kappa shape index (κ3) is 2.82. The maximum absolute atomic E-state index is 12.8. The molecule has 0 aromatic heterocycles. The fourth-order valence-corrected chi connectivity index (χ4v) is 2.47. The van der Waals surface area contributed by atoms with Gasteiger partial charge in [0.15, 0.2) is 0 Å². The average Bonchev–Trinajstić information content (AvgIpc) is 2.60. The van der Waals surface area contributed by atoms with Crippen LogP contribution in [0.2, 0.25) is 0 Å². The summed E-state index contributed by atoms with van der Waals surface area (Å²) < 4.78 is 12.8. The molecule has 1 aromatic carbocycles. The highest BCUT2D eigenvalue weighted by Gasteiger charge is 2.30. The average molecular weight is 237 g/mol. The molecule has 1 heterocycles. The molecule has 1 aliphatic rings. The van der Waals surface area contributed by atoms with Gasteiger partial charge in [-0.05, 0) is 37.0 Å². The summed E-state index contributed by atoms with van der Waals surface area (Å²) in [6, 6.07) is 6.76. The van der Waals surface area contributed by atoms with Gasteiger partial charge in [-0.15, -0.1) is 0 Å². The Balaban J connectivity index is 2.05. The topological polar surface area (TPSA) is 40.5 Å². The quantitative estimate of drug-likeness (QED) is 0.875. The normalized spacial score (nSPS) is 25.1. The van der Waals surface area contributed by atoms with Gasteiger partial charge in [-0.1, -0.05) is 12.1 Å². The van der Waals surface area contributed by atoms with Crippen LogP contribution in [0.1, 0.15) is 24.8 Å². The van der Waals surface area contributed by atoms with E-state index < -0.39 is 5.97 Å². The van der Waals surface area contributed by atoms with Crippen molar-refractivity contribution in [2.24, 2.45) is 0 Å². The van der Waals surface area contributed by atoms with E-state index in [9.17, 15) is 9.18 Å². The first-order valence-electron chi connectivity index (χ1n) is 5.77. The minimum Gasteiger partial charge on any atom is -0.480 e. The number of halogens is 1. The molecule has 0 saturated carbocycles. The monoisotopic (exact) mass is 237 g/mol. The van der Waals surface area contributed by atoms with Crippen LogP contribution in [0, 0.1) is 5.82 Å². The van der Waals surface area contributed by atoms with Gasteiger partial charge in [0.05, 0.1) is 6.54 Å². The Hall–Kier alpha value is -1.42. The van der Waals surface area contributed by atoms with Gasteiger partial charge < -0.3 is 5.11 Å². The number of carbonyl (C=O) groups is 1. The van der Waals surface area contributed by atoms with E-state index in [1.165, 1.54) is 12.1 Å². The van der Waals surface area contributed by atoms with Crippen LogP contribution >= 0.6 is 0 Å². The van der Waals surface area contributed by atoms with Crippen molar-refractivity contribution in [2.75, 3.05) is 13.1 Å². The molecule has 0 aliphatic carbocycles. The summed E-state index contributed by atoms with van der Waals surface area (Å²) in [5.41, 5.74) is 1.09. The molecule has 0 unspecified atom stereocenters. The molecule has 2 rings (SSSR count). The molecule has 1 aromatic rings. The minimum absolute atomic E-state index is 0.0822. The molecular formula is C13H16FNO2. The first-order valence-corrected chi connectivity index (χ1v) is 5.77. The van der Waals surface area contributed by atoms with Gasteiger partial charge in [0.2, 0.25) is 0 Å². The van der Waals surface area contributed by atoms with E-state index in [0.29, 0.717) is 5.92 Å². The minimum atomic E-state index is -0.795. The van der Waals surface area contributed by atoms with Gasteiger partial charge in [-0.3, -0.25) is 9.69 Å². The van der Waals surface area contributed by atoms with Crippen molar-refractivity contribution in [3.8, 4) is 0 Å². The summed E-state index contributed by atoms with van der Waals surface area (Å²) in [5.74, 6) is -0.719. The Morgan fingerprint density at radius 3 is 2.71 bits per heavy atom. The largest absolute Gasteiger partial charge is 0.480 e. The van der Waals surface area contributed by atoms with Gasteiger partial charge in [-0.25, -0.2) is 4.39 Å². The third-order valence-electron chi connectivity index (χ3n) is 3.38. The van der Waals surface area contributed by atoms with Crippen LogP contribution in [0.15, 0.2) is 24.3 Å². The van der Waals surface area contributed by atoms with E-state index in [4.69, 9.17) is 5.11 Å². The lowest BCUT2D eigenvalue weighted by molar-refractivity contribution is -0.138. The fourth-order valence-electron chi connectivity index (χ4n) is 2.47. The van der Waals surface area contributed by atoms with Crippen molar-refractivity contribution in [3.63, 3.8) is 0 Å². The van der Waals surface area contributed by atoms with E-state index in [1.807, 2.05) is 11.8 Å². The lowest BCUT2D eigenvalue weighted by Crippen LogP contribution is -2.32. The number of benzene rings is 1. The van der Waals surface area contributed by atoms with Crippen molar-refractivity contribution in [3.05, 3.63) is 35.6 Å². The van der Waals surface area contributed by atoms with Crippen LogP contribution < -0.4 is 0 Å². The summed E-state index contributed by atoms with van der Waals surface area (Å²) in [4.78, 5) is 12.7. The number of likely N-dealkylation sites (tertiary alicyclic amines) is 1. The molecule has 3 nitrogen and oxygen atoms in total. The second-order valence-electron chi connectivity index (χ2n) is 4.66. The second kappa shape index (κ2) is 4.84. The van der Waals surface area contributed by atoms with Crippen LogP contribution in [0.3, 0.4) is 0 Å². The highest BCUT2D eigenvalue weighted by molar-refractivity contribution is 5.69. The molecule has 2 atom stereocenters. The van der Waals surface area contributed by atoms with Gasteiger partial charge in [-0.2, -0.15) is 0 Å². The molecule has 1 fully saturated rings. The van der Waals surface area contributed by atoms with Crippen molar-refractivity contribution in [2.45, 2.75) is 25.3 Å². The maximum Gasteiger partial charge on any atom is 0.317 e. The van der Waals surface area contributed by atoms with Crippen molar-refractivity contribution in [1.29, 1.82) is 0 Å². The van der Waals surface area contributed by atoms with Gasteiger partial charge >= 0.3 is 5.97 Å². The van der Waals surface area contributed by atoms with Gasteiger partial charge in [0.1, 0.15) is 5.82 Å². The summed E-state index contributed by atoms with van der Waals surface area (Å²) in [5, 5.41) is 8.79. The Kier molecular flexibility index (Phi) is 3.43. The zero-order chi connectivity index (χ0) is 12.4. The molecule has 92 valence electrons. The molecule has 0 amide bonds. The lowest BCUT2D eigenvalue weighted by atomic mass is 9.97. The first kappa shape index (κ1) is 12.0. The summed E-state index contributed by atoms with van der Waals surface area (Å²) in [7, 11) is 0. The lowest BCUT2D eigenvalue weighted by Gasteiger charge is -2.17. The van der Waals surface area contributed by atoms with Crippen molar-refractivity contribution >= 4 is 5.97 Å². The van der Waals surface area contributed by atoms with Crippen molar-refractivity contribution in [1.82, 2.24) is 4.90 Å². The zero-order valence-electron chi connectivity index (χ0n) is 9.77. The molecule has 0 spiro atoms. The second-order valence-corrected chi connectivity index (χ2v) is 4.66. The summed E-state index contributed by atoms with van der Waals surface area (Å²) >= 11 is 0. The Labute approximate surface area is 99.9 Å². The molecule has 0 bridgehead atoms. The summed E-state index contributed by atoms with van der Waals surface area (Å²) in [6.07, 6.45) is 0.929. The predicted molar refractivity (Wildman–Crippen MR) is 62.4 cm³/mol. The van der Waals surface area contributed by atoms with Crippen LogP contribution in [0.4, 0.5) is 4.39 Å². The molecule has 4 heteroatoms.